The Labute approximate surface area is 132 Å². The van der Waals surface area contributed by atoms with E-state index >= 15 is 0 Å². The molecule has 22 heavy (non-hydrogen) atoms. The van der Waals surface area contributed by atoms with E-state index in [1.54, 1.807) is 17.5 Å². The quantitative estimate of drug-likeness (QED) is 0.931. The lowest BCUT2D eigenvalue weighted by molar-refractivity contribution is 0.161. The van der Waals surface area contributed by atoms with Crippen LogP contribution in [0.2, 0.25) is 0 Å². The van der Waals surface area contributed by atoms with E-state index in [1.807, 2.05) is 17.2 Å². The van der Waals surface area contributed by atoms with Gasteiger partial charge in [-0.25, -0.2) is 9.78 Å². The van der Waals surface area contributed by atoms with Crippen LogP contribution in [0.1, 0.15) is 29.6 Å². The van der Waals surface area contributed by atoms with Gasteiger partial charge in [-0.1, -0.05) is 5.16 Å². The molecule has 1 saturated heterocycles. The molecule has 0 radical (unpaired) electrons. The summed E-state index contributed by atoms with van der Waals surface area (Å²) >= 11 is 1.54. The van der Waals surface area contributed by atoms with E-state index in [4.69, 9.17) is 4.52 Å². The van der Waals surface area contributed by atoms with E-state index in [2.05, 4.69) is 20.4 Å². The Kier molecular flexibility index (Phi) is 4.67. The van der Waals surface area contributed by atoms with Gasteiger partial charge in [0.1, 0.15) is 5.01 Å². The number of aryl methyl sites for hydroxylation is 1. The Morgan fingerprint density at radius 2 is 2.50 bits per heavy atom. The third kappa shape index (κ3) is 3.82. The number of nitrogens with one attached hydrogen (secondary N) is 1. The average molecular weight is 321 g/mol. The van der Waals surface area contributed by atoms with Crippen LogP contribution in [-0.2, 0) is 13.0 Å². The number of piperidine rings is 1. The van der Waals surface area contributed by atoms with E-state index < -0.39 is 0 Å². The summed E-state index contributed by atoms with van der Waals surface area (Å²) in [5, 5.41) is 9.56. The largest absolute Gasteiger partial charge is 0.339 e. The summed E-state index contributed by atoms with van der Waals surface area (Å²) in [6.07, 6.45) is 4.56. The molecule has 1 N–H and O–H groups in total. The molecular weight excluding hydrogens is 302 g/mol. The molecule has 1 unspecified atom stereocenters. The zero-order valence-corrected chi connectivity index (χ0v) is 13.3. The van der Waals surface area contributed by atoms with Crippen molar-refractivity contribution in [2.45, 2.75) is 32.7 Å². The first kappa shape index (κ1) is 15.0. The minimum Gasteiger partial charge on any atom is -0.339 e. The fraction of sp³-hybridized carbons (Fsp3) is 0.571. The molecule has 2 aromatic rings. The Bertz CT molecular complexity index is 613. The molecule has 7 nitrogen and oxygen atoms in total. The second-order valence-corrected chi connectivity index (χ2v) is 6.46. The molecule has 8 heteroatoms. The van der Waals surface area contributed by atoms with Crippen molar-refractivity contribution < 1.29 is 9.32 Å². The maximum atomic E-state index is 12.2. The molecule has 2 aromatic heterocycles. The highest BCUT2D eigenvalue weighted by atomic mass is 32.1. The van der Waals surface area contributed by atoms with Crippen LogP contribution in [0.25, 0.3) is 0 Å². The van der Waals surface area contributed by atoms with E-state index in [0.29, 0.717) is 24.2 Å². The van der Waals surface area contributed by atoms with Crippen molar-refractivity contribution in [1.82, 2.24) is 25.3 Å². The van der Waals surface area contributed by atoms with Gasteiger partial charge in [-0.3, -0.25) is 0 Å². The molecule has 1 atom stereocenters. The summed E-state index contributed by atoms with van der Waals surface area (Å²) in [6.45, 7) is 3.82. The molecule has 1 aliphatic heterocycles. The minimum atomic E-state index is -0.0263. The SMILES string of the molecule is Cc1noc(CC2CCCN(C(=O)NCc3nccs3)C2)n1. The number of thiazole rings is 1. The van der Waals surface area contributed by atoms with E-state index in [0.717, 1.165) is 37.4 Å². The molecule has 0 saturated carbocycles. The fourth-order valence-electron chi connectivity index (χ4n) is 2.69. The Morgan fingerprint density at radius 3 is 3.23 bits per heavy atom. The molecule has 3 heterocycles. The van der Waals surface area contributed by atoms with Gasteiger partial charge in [0, 0.05) is 31.1 Å². The van der Waals surface area contributed by atoms with Crippen molar-refractivity contribution in [2.24, 2.45) is 5.92 Å². The normalized spacial score (nSPS) is 18.4. The molecule has 0 spiro atoms. The Hall–Kier alpha value is -1.96. The van der Waals surface area contributed by atoms with Crippen LogP contribution < -0.4 is 5.32 Å². The summed E-state index contributed by atoms with van der Waals surface area (Å²) in [5.74, 6) is 1.69. The number of hydrogen-bond donors (Lipinski definition) is 1. The number of carbonyl (C=O) groups is 1. The smallest absolute Gasteiger partial charge is 0.317 e. The highest BCUT2D eigenvalue weighted by molar-refractivity contribution is 7.09. The fourth-order valence-corrected chi connectivity index (χ4v) is 3.25. The number of urea groups is 1. The van der Waals surface area contributed by atoms with E-state index in [9.17, 15) is 4.79 Å². The van der Waals surface area contributed by atoms with Crippen LogP contribution in [0.15, 0.2) is 16.1 Å². The van der Waals surface area contributed by atoms with Gasteiger partial charge >= 0.3 is 6.03 Å². The molecule has 1 fully saturated rings. The third-order valence-corrected chi connectivity index (χ3v) is 4.49. The third-order valence-electron chi connectivity index (χ3n) is 3.71. The molecule has 2 amide bonds. The van der Waals surface area contributed by atoms with Gasteiger partial charge in [-0.05, 0) is 25.7 Å². The molecule has 1 aliphatic rings. The first-order valence-corrected chi connectivity index (χ1v) is 8.29. The minimum absolute atomic E-state index is 0.0263. The summed E-state index contributed by atoms with van der Waals surface area (Å²) in [7, 11) is 0. The van der Waals surface area contributed by atoms with Gasteiger partial charge in [0.25, 0.3) is 0 Å². The van der Waals surface area contributed by atoms with Gasteiger partial charge in [-0.2, -0.15) is 4.98 Å². The first-order valence-electron chi connectivity index (χ1n) is 7.41. The number of carbonyl (C=O) groups excluding carboxylic acids is 1. The molecular formula is C14H19N5O2S. The van der Waals surface area contributed by atoms with Crippen LogP contribution in [-0.4, -0.2) is 39.1 Å². The van der Waals surface area contributed by atoms with Gasteiger partial charge in [0.2, 0.25) is 5.89 Å². The number of rotatable bonds is 4. The van der Waals surface area contributed by atoms with Crippen LogP contribution in [0.3, 0.4) is 0 Å². The maximum Gasteiger partial charge on any atom is 0.317 e. The zero-order valence-electron chi connectivity index (χ0n) is 12.5. The molecule has 0 aliphatic carbocycles. The Balaban J connectivity index is 1.50. The van der Waals surface area contributed by atoms with Crippen molar-refractivity contribution in [3.63, 3.8) is 0 Å². The number of hydrogen-bond acceptors (Lipinski definition) is 6. The van der Waals surface area contributed by atoms with Crippen molar-refractivity contribution in [3.05, 3.63) is 28.3 Å². The monoisotopic (exact) mass is 321 g/mol. The van der Waals surface area contributed by atoms with Crippen LogP contribution in [0, 0.1) is 12.8 Å². The van der Waals surface area contributed by atoms with Gasteiger partial charge in [-0.15, -0.1) is 11.3 Å². The van der Waals surface area contributed by atoms with Gasteiger partial charge in [0.05, 0.1) is 6.54 Å². The summed E-state index contributed by atoms with van der Waals surface area (Å²) in [4.78, 5) is 22.5. The lowest BCUT2D eigenvalue weighted by Gasteiger charge is -2.32. The number of likely N-dealkylation sites (tertiary alicyclic amines) is 1. The number of nitrogens with zero attached hydrogens (tertiary/aromatic N) is 4. The van der Waals surface area contributed by atoms with E-state index in [-0.39, 0.29) is 6.03 Å². The standard InChI is InChI=1S/C14H19N5O2S/c1-10-17-12(21-18-10)7-11-3-2-5-19(9-11)14(20)16-8-13-15-4-6-22-13/h4,6,11H,2-3,5,7-9H2,1H3,(H,16,20). The Morgan fingerprint density at radius 1 is 1.59 bits per heavy atom. The average Bonchev–Trinajstić information content (AvgIpc) is 3.17. The molecule has 118 valence electrons. The van der Waals surface area contributed by atoms with Crippen molar-refractivity contribution in [1.29, 1.82) is 0 Å². The zero-order chi connectivity index (χ0) is 15.4. The highest BCUT2D eigenvalue weighted by Gasteiger charge is 2.25. The van der Waals surface area contributed by atoms with Crippen molar-refractivity contribution in [2.75, 3.05) is 13.1 Å². The summed E-state index contributed by atoms with van der Waals surface area (Å²) in [5.41, 5.74) is 0. The van der Waals surface area contributed by atoms with Gasteiger partial charge < -0.3 is 14.7 Å². The maximum absolute atomic E-state index is 12.2. The van der Waals surface area contributed by atoms with Crippen LogP contribution in [0.4, 0.5) is 4.79 Å². The summed E-state index contributed by atoms with van der Waals surface area (Å²) in [6, 6.07) is -0.0263. The summed E-state index contributed by atoms with van der Waals surface area (Å²) < 4.78 is 5.17. The van der Waals surface area contributed by atoms with E-state index in [1.165, 1.54) is 0 Å². The predicted molar refractivity (Wildman–Crippen MR) is 81.4 cm³/mol. The number of amides is 2. The molecule has 0 bridgehead atoms. The number of aromatic nitrogens is 3. The molecule has 0 aromatic carbocycles. The van der Waals surface area contributed by atoms with Crippen LogP contribution >= 0.6 is 11.3 Å². The van der Waals surface area contributed by atoms with Crippen LogP contribution in [0.5, 0.6) is 0 Å². The van der Waals surface area contributed by atoms with Gasteiger partial charge in [0.15, 0.2) is 5.82 Å². The lowest BCUT2D eigenvalue weighted by Crippen LogP contribution is -2.45. The predicted octanol–water partition coefficient (Wildman–Crippen LogP) is 2.00. The molecule has 3 rings (SSSR count). The van der Waals surface area contributed by atoms with Crippen molar-refractivity contribution >= 4 is 17.4 Å². The first-order chi connectivity index (χ1) is 10.7. The second kappa shape index (κ2) is 6.87. The second-order valence-electron chi connectivity index (χ2n) is 5.48. The lowest BCUT2D eigenvalue weighted by atomic mass is 9.95. The van der Waals surface area contributed by atoms with Crippen molar-refractivity contribution in [3.8, 4) is 0 Å². The topological polar surface area (TPSA) is 84.2 Å². The highest BCUT2D eigenvalue weighted by Crippen LogP contribution is 2.20.